The fraction of sp³-hybridized carbons (Fsp3) is 0.174. The van der Waals surface area contributed by atoms with Crippen molar-refractivity contribution in [3.8, 4) is 5.75 Å². The van der Waals surface area contributed by atoms with E-state index in [9.17, 15) is 9.90 Å². The first kappa shape index (κ1) is 20.0. The molecule has 0 heterocycles. The van der Waals surface area contributed by atoms with Crippen LogP contribution in [0, 0.1) is 0 Å². The molecule has 0 aliphatic carbocycles. The topological polar surface area (TPSA) is 58.6 Å². The van der Waals surface area contributed by atoms with Crippen molar-refractivity contribution in [3.05, 3.63) is 102 Å². The van der Waals surface area contributed by atoms with Crippen LogP contribution in [0.2, 0.25) is 0 Å². The van der Waals surface area contributed by atoms with Gasteiger partial charge in [0.1, 0.15) is 11.8 Å². The minimum atomic E-state index is -0.957. The van der Waals surface area contributed by atoms with Crippen LogP contribution in [0.25, 0.3) is 0 Å². The fourth-order valence-electron chi connectivity index (χ4n) is 3.50. The second kappa shape index (κ2) is 8.95. The largest absolute Gasteiger partial charge is 0.496 e. The number of hydrogen-bond donors (Lipinski definition) is 3. The first-order valence-corrected chi connectivity index (χ1v) is 9.62. The van der Waals surface area contributed by atoms with E-state index in [1.807, 2.05) is 84.9 Å². The van der Waals surface area contributed by atoms with Crippen molar-refractivity contribution in [2.24, 2.45) is 0 Å². The molecule has 5 heteroatoms. The Morgan fingerprint density at radius 2 is 1.46 bits per heavy atom. The van der Waals surface area contributed by atoms with Gasteiger partial charge in [0.25, 0.3) is 0 Å². The molecule has 0 spiro atoms. The number of ether oxygens (including phenoxy) is 1. The number of benzene rings is 3. The Morgan fingerprint density at radius 3 is 1.93 bits per heavy atom. The molecule has 1 atom stereocenters. The molecule has 0 bridgehead atoms. The number of hydrogen-bond acceptors (Lipinski definition) is 4. The smallest absolute Gasteiger partial charge is 0.321 e. The molecule has 0 fully saturated rings. The maximum absolute atomic E-state index is 11.9. The van der Waals surface area contributed by atoms with E-state index < -0.39 is 17.6 Å². The van der Waals surface area contributed by atoms with Gasteiger partial charge in [-0.2, -0.15) is 12.6 Å². The molecular weight excluding hydrogens is 370 g/mol. The van der Waals surface area contributed by atoms with Crippen LogP contribution in [0.5, 0.6) is 5.75 Å². The Morgan fingerprint density at radius 1 is 0.964 bits per heavy atom. The maximum Gasteiger partial charge on any atom is 0.321 e. The van der Waals surface area contributed by atoms with Gasteiger partial charge in [0.05, 0.1) is 12.6 Å². The Hall–Kier alpha value is -2.76. The van der Waals surface area contributed by atoms with Gasteiger partial charge in [-0.15, -0.1) is 0 Å². The standard InChI is InChI=1S/C23H23NO3S/c1-27-21-15-9-8-14-19(21)23(17-10-4-2-5-11-17,18-12-6-3-7-13-18)24-20(16-28)22(25)26/h2-15,20,24,28H,16H2,1H3,(H,25,26)/t20-/m1/s1. The first-order valence-electron chi connectivity index (χ1n) is 8.99. The summed E-state index contributed by atoms with van der Waals surface area (Å²) in [7, 11) is 1.62. The summed E-state index contributed by atoms with van der Waals surface area (Å²) in [5, 5.41) is 13.1. The van der Waals surface area contributed by atoms with Crippen molar-refractivity contribution in [1.29, 1.82) is 0 Å². The van der Waals surface area contributed by atoms with Gasteiger partial charge in [0.15, 0.2) is 0 Å². The summed E-state index contributed by atoms with van der Waals surface area (Å²) >= 11 is 4.28. The zero-order valence-corrected chi connectivity index (χ0v) is 16.5. The van der Waals surface area contributed by atoms with Crippen LogP contribution in [0.15, 0.2) is 84.9 Å². The maximum atomic E-state index is 11.9. The Labute approximate surface area is 170 Å². The second-order valence-corrected chi connectivity index (χ2v) is 6.77. The van der Waals surface area contributed by atoms with E-state index in [0.29, 0.717) is 5.75 Å². The predicted molar refractivity (Wildman–Crippen MR) is 114 cm³/mol. The second-order valence-electron chi connectivity index (χ2n) is 6.40. The van der Waals surface area contributed by atoms with Gasteiger partial charge < -0.3 is 9.84 Å². The SMILES string of the molecule is COc1ccccc1C(N[C@H](CS)C(=O)O)(c1ccccc1)c1ccccc1. The summed E-state index contributed by atoms with van der Waals surface area (Å²) in [6.07, 6.45) is 0. The summed E-state index contributed by atoms with van der Waals surface area (Å²) in [5.41, 5.74) is 1.74. The van der Waals surface area contributed by atoms with Gasteiger partial charge in [0, 0.05) is 11.3 Å². The van der Waals surface area contributed by atoms with Gasteiger partial charge in [-0.3, -0.25) is 10.1 Å². The number of methoxy groups -OCH3 is 1. The Bertz CT molecular complexity index is 876. The Kier molecular flexibility index (Phi) is 6.39. The molecule has 4 nitrogen and oxygen atoms in total. The molecule has 0 unspecified atom stereocenters. The third-order valence-electron chi connectivity index (χ3n) is 4.80. The minimum Gasteiger partial charge on any atom is -0.496 e. The number of thiol groups is 1. The zero-order chi connectivity index (χ0) is 20.0. The van der Waals surface area contributed by atoms with E-state index in [0.717, 1.165) is 16.7 Å². The van der Waals surface area contributed by atoms with Gasteiger partial charge in [-0.1, -0.05) is 78.9 Å². The number of carboxylic acid groups (broad SMARTS) is 1. The molecule has 0 aliphatic heterocycles. The molecule has 3 aromatic rings. The van der Waals surface area contributed by atoms with E-state index in [4.69, 9.17) is 4.74 Å². The van der Waals surface area contributed by atoms with E-state index in [1.54, 1.807) is 7.11 Å². The summed E-state index contributed by atoms with van der Waals surface area (Å²) in [6.45, 7) is 0. The van der Waals surface area contributed by atoms with E-state index in [2.05, 4.69) is 17.9 Å². The van der Waals surface area contributed by atoms with Crippen LogP contribution in [0.3, 0.4) is 0 Å². The van der Waals surface area contributed by atoms with Crippen molar-refractivity contribution in [2.75, 3.05) is 12.9 Å². The number of carbonyl (C=O) groups is 1. The summed E-state index contributed by atoms with van der Waals surface area (Å²) in [6, 6.07) is 26.4. The lowest BCUT2D eigenvalue weighted by Crippen LogP contribution is -2.53. The van der Waals surface area contributed by atoms with Crippen molar-refractivity contribution < 1.29 is 14.6 Å². The summed E-state index contributed by atoms with van der Waals surface area (Å²) in [4.78, 5) is 11.9. The first-order chi connectivity index (χ1) is 13.6. The van der Waals surface area contributed by atoms with Crippen molar-refractivity contribution >= 4 is 18.6 Å². The van der Waals surface area contributed by atoms with Gasteiger partial charge >= 0.3 is 5.97 Å². The Balaban J connectivity index is 2.37. The molecule has 0 amide bonds. The molecule has 28 heavy (non-hydrogen) atoms. The molecule has 144 valence electrons. The van der Waals surface area contributed by atoms with Crippen LogP contribution in [0.4, 0.5) is 0 Å². The molecule has 0 radical (unpaired) electrons. The molecule has 0 saturated carbocycles. The number of carboxylic acids is 1. The van der Waals surface area contributed by atoms with Crippen molar-refractivity contribution in [2.45, 2.75) is 11.6 Å². The molecule has 2 N–H and O–H groups in total. The van der Waals surface area contributed by atoms with Crippen LogP contribution >= 0.6 is 12.6 Å². The van der Waals surface area contributed by atoms with Crippen LogP contribution in [-0.4, -0.2) is 30.0 Å². The van der Waals surface area contributed by atoms with Crippen LogP contribution in [-0.2, 0) is 10.3 Å². The fourth-order valence-corrected chi connectivity index (χ4v) is 3.75. The molecule has 0 aromatic heterocycles. The predicted octanol–water partition coefficient (Wildman–Crippen LogP) is 3.96. The van der Waals surface area contributed by atoms with Gasteiger partial charge in [-0.25, -0.2) is 0 Å². The van der Waals surface area contributed by atoms with Crippen LogP contribution in [0.1, 0.15) is 16.7 Å². The highest BCUT2D eigenvalue weighted by atomic mass is 32.1. The summed E-state index contributed by atoms with van der Waals surface area (Å²) < 4.78 is 5.66. The third kappa shape index (κ3) is 3.77. The van der Waals surface area contributed by atoms with Crippen LogP contribution < -0.4 is 10.1 Å². The van der Waals surface area contributed by atoms with Crippen molar-refractivity contribution in [3.63, 3.8) is 0 Å². The molecule has 0 aliphatic rings. The highest BCUT2D eigenvalue weighted by Gasteiger charge is 2.41. The average Bonchev–Trinajstić information content (AvgIpc) is 2.76. The zero-order valence-electron chi connectivity index (χ0n) is 15.6. The molecule has 3 aromatic carbocycles. The molecule has 0 saturated heterocycles. The monoisotopic (exact) mass is 393 g/mol. The lowest BCUT2D eigenvalue weighted by atomic mass is 9.76. The number of para-hydroxylation sites is 1. The highest BCUT2D eigenvalue weighted by molar-refractivity contribution is 7.80. The van der Waals surface area contributed by atoms with E-state index in [1.165, 1.54) is 0 Å². The normalized spacial score (nSPS) is 12.4. The number of aliphatic carboxylic acids is 1. The molecule has 3 rings (SSSR count). The highest BCUT2D eigenvalue weighted by Crippen LogP contribution is 2.41. The van der Waals surface area contributed by atoms with Gasteiger partial charge in [-0.05, 0) is 17.2 Å². The lowest BCUT2D eigenvalue weighted by Gasteiger charge is -2.39. The number of rotatable bonds is 8. The van der Waals surface area contributed by atoms with Crippen molar-refractivity contribution in [1.82, 2.24) is 5.32 Å². The minimum absolute atomic E-state index is 0.145. The third-order valence-corrected chi connectivity index (χ3v) is 5.16. The van der Waals surface area contributed by atoms with E-state index >= 15 is 0 Å². The summed E-state index contributed by atoms with van der Waals surface area (Å²) in [5.74, 6) is -0.140. The average molecular weight is 394 g/mol. The van der Waals surface area contributed by atoms with Gasteiger partial charge in [0.2, 0.25) is 0 Å². The van der Waals surface area contributed by atoms with E-state index in [-0.39, 0.29) is 5.75 Å². The number of nitrogens with one attached hydrogen (secondary N) is 1. The lowest BCUT2D eigenvalue weighted by molar-refractivity contribution is -0.139. The quantitative estimate of drug-likeness (QED) is 0.401. The molecular formula is C23H23NO3S.